The van der Waals surface area contributed by atoms with Crippen molar-refractivity contribution >= 4 is 11.6 Å². The van der Waals surface area contributed by atoms with Crippen molar-refractivity contribution in [3.8, 4) is 0 Å². The number of hydrogen-bond acceptors (Lipinski definition) is 3. The van der Waals surface area contributed by atoms with E-state index in [1.807, 2.05) is 31.2 Å². The number of hydrogen-bond donors (Lipinski definition) is 2. The largest absolute Gasteiger partial charge is 0.394 e. The predicted molar refractivity (Wildman–Crippen MR) is 71.8 cm³/mol. The molecule has 0 bridgehead atoms. The fourth-order valence-electron chi connectivity index (χ4n) is 2.39. The van der Waals surface area contributed by atoms with Gasteiger partial charge in [0.05, 0.1) is 12.6 Å². The van der Waals surface area contributed by atoms with Crippen LogP contribution >= 0.6 is 0 Å². The number of carbonyl (C=O) groups is 1. The zero-order valence-electron chi connectivity index (χ0n) is 10.7. The van der Waals surface area contributed by atoms with Gasteiger partial charge in [0, 0.05) is 24.3 Å². The summed E-state index contributed by atoms with van der Waals surface area (Å²) in [5, 5.41) is 12.4. The van der Waals surface area contributed by atoms with Crippen molar-refractivity contribution in [2.45, 2.75) is 25.8 Å². The molecular weight excluding hydrogens is 228 g/mol. The first-order valence-electron chi connectivity index (χ1n) is 6.52. The minimum Gasteiger partial charge on any atom is -0.394 e. The molecule has 0 aliphatic carbocycles. The van der Waals surface area contributed by atoms with E-state index < -0.39 is 0 Å². The molecule has 0 aromatic heterocycles. The number of nitrogens with zero attached hydrogens (tertiary/aromatic N) is 1. The van der Waals surface area contributed by atoms with Gasteiger partial charge in [-0.2, -0.15) is 0 Å². The van der Waals surface area contributed by atoms with E-state index in [0.29, 0.717) is 5.56 Å². The maximum atomic E-state index is 12.3. The minimum absolute atomic E-state index is 0.00839. The van der Waals surface area contributed by atoms with Crippen molar-refractivity contribution in [3.05, 3.63) is 29.8 Å². The van der Waals surface area contributed by atoms with Crippen LogP contribution in [0, 0.1) is 0 Å². The third-order valence-electron chi connectivity index (χ3n) is 3.36. The summed E-state index contributed by atoms with van der Waals surface area (Å²) in [5.74, 6) is 0.0228. The first-order valence-corrected chi connectivity index (χ1v) is 6.52. The second-order valence-electron chi connectivity index (χ2n) is 4.58. The first-order chi connectivity index (χ1) is 8.76. The molecule has 4 nitrogen and oxygen atoms in total. The van der Waals surface area contributed by atoms with Gasteiger partial charge in [-0.1, -0.05) is 0 Å². The number of aliphatic hydroxyl groups excluding tert-OH is 1. The molecule has 1 aromatic carbocycles. The highest BCUT2D eigenvalue weighted by molar-refractivity contribution is 5.95. The van der Waals surface area contributed by atoms with Gasteiger partial charge in [-0.15, -0.1) is 0 Å². The second kappa shape index (κ2) is 5.87. The third kappa shape index (κ3) is 2.64. The average molecular weight is 248 g/mol. The van der Waals surface area contributed by atoms with Crippen molar-refractivity contribution in [2.75, 3.05) is 25.0 Å². The van der Waals surface area contributed by atoms with Gasteiger partial charge < -0.3 is 15.3 Å². The zero-order chi connectivity index (χ0) is 13.0. The van der Waals surface area contributed by atoms with Crippen LogP contribution in [0.4, 0.5) is 5.69 Å². The standard InChI is InChI=1S/C14H20N2O2/c1-2-15-12-7-5-11(6-8-12)14(18)16-9-3-4-13(16)10-17/h5-8,13,15,17H,2-4,9-10H2,1H3. The summed E-state index contributed by atoms with van der Waals surface area (Å²) in [6.07, 6.45) is 1.88. The van der Waals surface area contributed by atoms with Gasteiger partial charge >= 0.3 is 0 Å². The SMILES string of the molecule is CCNc1ccc(C(=O)N2CCCC2CO)cc1. The predicted octanol–water partition coefficient (Wildman–Crippen LogP) is 1.72. The van der Waals surface area contributed by atoms with Crippen LogP contribution in [0.1, 0.15) is 30.1 Å². The lowest BCUT2D eigenvalue weighted by Gasteiger charge is -2.23. The van der Waals surface area contributed by atoms with Gasteiger partial charge in [0.15, 0.2) is 0 Å². The number of carbonyl (C=O) groups excluding carboxylic acids is 1. The molecule has 2 N–H and O–H groups in total. The van der Waals surface area contributed by atoms with Crippen LogP contribution in [-0.4, -0.2) is 41.7 Å². The Morgan fingerprint density at radius 3 is 2.78 bits per heavy atom. The van der Waals surface area contributed by atoms with E-state index in [2.05, 4.69) is 5.32 Å². The maximum absolute atomic E-state index is 12.3. The smallest absolute Gasteiger partial charge is 0.254 e. The Bertz CT molecular complexity index is 403. The zero-order valence-corrected chi connectivity index (χ0v) is 10.7. The van der Waals surface area contributed by atoms with E-state index >= 15 is 0 Å². The molecule has 1 aromatic rings. The van der Waals surface area contributed by atoms with Crippen molar-refractivity contribution in [1.29, 1.82) is 0 Å². The minimum atomic E-state index is -0.00839. The van der Waals surface area contributed by atoms with E-state index in [9.17, 15) is 9.90 Å². The highest BCUT2D eigenvalue weighted by atomic mass is 16.3. The van der Waals surface area contributed by atoms with Crippen LogP contribution in [0.15, 0.2) is 24.3 Å². The van der Waals surface area contributed by atoms with Gasteiger partial charge in [0.2, 0.25) is 0 Å². The lowest BCUT2D eigenvalue weighted by molar-refractivity contribution is 0.0677. The summed E-state index contributed by atoms with van der Waals surface area (Å²) in [4.78, 5) is 14.1. The molecule has 1 aliphatic heterocycles. The van der Waals surface area contributed by atoms with Crippen LogP contribution in [0.3, 0.4) is 0 Å². The number of amides is 1. The molecular formula is C14H20N2O2. The Morgan fingerprint density at radius 1 is 1.44 bits per heavy atom. The Hall–Kier alpha value is -1.55. The van der Waals surface area contributed by atoms with Crippen molar-refractivity contribution < 1.29 is 9.90 Å². The normalized spacial score (nSPS) is 19.0. The summed E-state index contributed by atoms with van der Waals surface area (Å²) in [6, 6.07) is 7.51. The van der Waals surface area contributed by atoms with E-state index in [1.54, 1.807) is 4.90 Å². The van der Waals surface area contributed by atoms with Gasteiger partial charge in [-0.3, -0.25) is 4.79 Å². The van der Waals surface area contributed by atoms with Crippen LogP contribution in [0.2, 0.25) is 0 Å². The summed E-state index contributed by atoms with van der Waals surface area (Å²) >= 11 is 0. The molecule has 0 spiro atoms. The number of aliphatic hydroxyl groups is 1. The Balaban J connectivity index is 2.08. The molecule has 1 heterocycles. The number of nitrogens with one attached hydrogen (secondary N) is 1. The molecule has 1 unspecified atom stereocenters. The van der Waals surface area contributed by atoms with Gasteiger partial charge in [0.25, 0.3) is 5.91 Å². The molecule has 1 aliphatic rings. The highest BCUT2D eigenvalue weighted by Gasteiger charge is 2.28. The maximum Gasteiger partial charge on any atom is 0.254 e. The highest BCUT2D eigenvalue weighted by Crippen LogP contribution is 2.20. The fourth-order valence-corrected chi connectivity index (χ4v) is 2.39. The number of likely N-dealkylation sites (tertiary alicyclic amines) is 1. The molecule has 1 atom stereocenters. The van der Waals surface area contributed by atoms with Crippen molar-refractivity contribution in [2.24, 2.45) is 0 Å². The topological polar surface area (TPSA) is 52.6 Å². The fraction of sp³-hybridized carbons (Fsp3) is 0.500. The Morgan fingerprint density at radius 2 is 2.17 bits per heavy atom. The molecule has 1 fully saturated rings. The molecule has 1 amide bonds. The Kier molecular flexibility index (Phi) is 4.20. The molecule has 1 saturated heterocycles. The van der Waals surface area contributed by atoms with E-state index in [1.165, 1.54) is 0 Å². The molecule has 98 valence electrons. The Labute approximate surface area is 108 Å². The number of benzene rings is 1. The number of rotatable bonds is 4. The van der Waals surface area contributed by atoms with Gasteiger partial charge in [-0.05, 0) is 44.0 Å². The van der Waals surface area contributed by atoms with Gasteiger partial charge in [-0.25, -0.2) is 0 Å². The summed E-state index contributed by atoms with van der Waals surface area (Å²) < 4.78 is 0. The van der Waals surface area contributed by atoms with Crippen LogP contribution in [-0.2, 0) is 0 Å². The van der Waals surface area contributed by atoms with E-state index in [4.69, 9.17) is 0 Å². The average Bonchev–Trinajstić information content (AvgIpc) is 2.87. The van der Waals surface area contributed by atoms with Crippen molar-refractivity contribution in [1.82, 2.24) is 4.90 Å². The monoisotopic (exact) mass is 248 g/mol. The molecule has 2 rings (SSSR count). The molecule has 0 radical (unpaired) electrons. The molecule has 0 saturated carbocycles. The molecule has 18 heavy (non-hydrogen) atoms. The van der Waals surface area contributed by atoms with E-state index in [0.717, 1.165) is 31.6 Å². The van der Waals surface area contributed by atoms with E-state index in [-0.39, 0.29) is 18.6 Å². The summed E-state index contributed by atoms with van der Waals surface area (Å²) in [6.45, 7) is 3.71. The van der Waals surface area contributed by atoms with Gasteiger partial charge in [0.1, 0.15) is 0 Å². The van der Waals surface area contributed by atoms with Crippen molar-refractivity contribution in [3.63, 3.8) is 0 Å². The third-order valence-corrected chi connectivity index (χ3v) is 3.36. The summed E-state index contributed by atoms with van der Waals surface area (Å²) in [7, 11) is 0. The van der Waals surface area contributed by atoms with Crippen LogP contribution in [0.5, 0.6) is 0 Å². The lowest BCUT2D eigenvalue weighted by Crippen LogP contribution is -2.37. The summed E-state index contributed by atoms with van der Waals surface area (Å²) in [5.41, 5.74) is 1.71. The quantitative estimate of drug-likeness (QED) is 0.853. The van der Waals surface area contributed by atoms with Crippen LogP contribution < -0.4 is 5.32 Å². The lowest BCUT2D eigenvalue weighted by atomic mass is 10.1. The molecule has 4 heteroatoms. The number of anilines is 1. The second-order valence-corrected chi connectivity index (χ2v) is 4.58. The van der Waals surface area contributed by atoms with Crippen LogP contribution in [0.25, 0.3) is 0 Å². The first kappa shape index (κ1) is 12.9.